The smallest absolute Gasteiger partial charge is 0.251 e. The number of rotatable bonds is 6. The van der Waals surface area contributed by atoms with E-state index in [2.05, 4.69) is 17.2 Å². The molecule has 0 aliphatic carbocycles. The van der Waals surface area contributed by atoms with E-state index in [-0.39, 0.29) is 18.6 Å². The van der Waals surface area contributed by atoms with Gasteiger partial charge in [0.05, 0.1) is 13.2 Å². The van der Waals surface area contributed by atoms with E-state index in [1.807, 2.05) is 26.8 Å². The first-order chi connectivity index (χ1) is 10.1. The first-order valence-electron chi connectivity index (χ1n) is 7.17. The van der Waals surface area contributed by atoms with Gasteiger partial charge in [-0.05, 0) is 38.5 Å². The first kappa shape index (κ1) is 17.2. The number of benzene rings is 1. The number of carbonyl (C=O) groups is 1. The van der Waals surface area contributed by atoms with Crippen LogP contribution in [0.4, 0.5) is 0 Å². The maximum absolute atomic E-state index is 12.2. The van der Waals surface area contributed by atoms with Gasteiger partial charge in [0.1, 0.15) is 0 Å². The highest BCUT2D eigenvalue weighted by Gasteiger charge is 2.10. The van der Waals surface area contributed by atoms with Crippen molar-refractivity contribution in [1.82, 2.24) is 5.32 Å². The lowest BCUT2D eigenvalue weighted by atomic mass is 10.0. The predicted molar refractivity (Wildman–Crippen MR) is 83.2 cm³/mol. The zero-order chi connectivity index (χ0) is 15.7. The van der Waals surface area contributed by atoms with Crippen molar-refractivity contribution >= 4 is 5.91 Å². The Bertz CT molecular complexity index is 529. The second-order valence-corrected chi connectivity index (χ2v) is 4.84. The molecule has 1 rings (SSSR count). The van der Waals surface area contributed by atoms with E-state index in [1.165, 1.54) is 0 Å². The van der Waals surface area contributed by atoms with Gasteiger partial charge in [0.15, 0.2) is 0 Å². The van der Waals surface area contributed by atoms with Crippen LogP contribution < -0.4 is 5.32 Å². The number of nitrogens with one attached hydrogen (secondary N) is 1. The van der Waals surface area contributed by atoms with Crippen molar-refractivity contribution < 1.29 is 14.6 Å². The van der Waals surface area contributed by atoms with E-state index >= 15 is 0 Å². The number of aliphatic hydroxyl groups excluding tert-OH is 1. The lowest BCUT2D eigenvalue weighted by molar-refractivity contribution is 0.0872. The van der Waals surface area contributed by atoms with Gasteiger partial charge in [-0.2, -0.15) is 0 Å². The monoisotopic (exact) mass is 289 g/mol. The summed E-state index contributed by atoms with van der Waals surface area (Å²) in [6, 6.07) is 5.41. The SMILES string of the molecule is CCOCC(C)NC(=O)c1ccc(C)c(C#CCCO)c1. The summed E-state index contributed by atoms with van der Waals surface area (Å²) in [7, 11) is 0. The highest BCUT2D eigenvalue weighted by molar-refractivity contribution is 5.94. The summed E-state index contributed by atoms with van der Waals surface area (Å²) in [5.41, 5.74) is 2.41. The Morgan fingerprint density at radius 1 is 1.48 bits per heavy atom. The minimum atomic E-state index is -0.132. The molecule has 0 bridgehead atoms. The molecule has 0 aliphatic rings. The number of carbonyl (C=O) groups excluding carboxylic acids is 1. The molecule has 0 heterocycles. The summed E-state index contributed by atoms with van der Waals surface area (Å²) in [5, 5.41) is 11.6. The van der Waals surface area contributed by atoms with Crippen LogP contribution in [0.2, 0.25) is 0 Å². The molecule has 0 saturated carbocycles. The van der Waals surface area contributed by atoms with Crippen molar-refractivity contribution in [3.8, 4) is 11.8 Å². The normalized spacial score (nSPS) is 11.4. The molecule has 21 heavy (non-hydrogen) atoms. The summed E-state index contributed by atoms with van der Waals surface area (Å²) < 4.78 is 5.28. The molecule has 1 unspecified atom stereocenters. The van der Waals surface area contributed by atoms with Gasteiger partial charge in [-0.15, -0.1) is 0 Å². The number of ether oxygens (including phenoxy) is 1. The lowest BCUT2D eigenvalue weighted by Crippen LogP contribution is -2.35. The summed E-state index contributed by atoms with van der Waals surface area (Å²) in [5.74, 6) is 5.73. The standard InChI is InChI=1S/C17H23NO3/c1-4-21-12-14(3)18-17(20)16-9-8-13(2)15(11-16)7-5-6-10-19/h8-9,11,14,19H,4,6,10,12H2,1-3H3,(H,18,20). The molecule has 1 aromatic rings. The Balaban J connectivity index is 2.77. The van der Waals surface area contributed by atoms with Gasteiger partial charge in [-0.25, -0.2) is 0 Å². The van der Waals surface area contributed by atoms with Crippen LogP contribution in [0.3, 0.4) is 0 Å². The van der Waals surface area contributed by atoms with Gasteiger partial charge in [0.25, 0.3) is 5.91 Å². The number of amides is 1. The average Bonchev–Trinajstić information content (AvgIpc) is 2.47. The molecule has 0 radical (unpaired) electrons. The van der Waals surface area contributed by atoms with Crippen LogP contribution >= 0.6 is 0 Å². The van der Waals surface area contributed by atoms with Gasteiger partial charge in [0.2, 0.25) is 0 Å². The third-order valence-corrected chi connectivity index (χ3v) is 2.91. The van der Waals surface area contributed by atoms with Gasteiger partial charge >= 0.3 is 0 Å². The van der Waals surface area contributed by atoms with E-state index in [1.54, 1.807) is 12.1 Å². The number of aliphatic hydroxyl groups is 1. The Kier molecular flexibility index (Phi) is 7.52. The molecule has 1 aromatic carbocycles. The Labute approximate surface area is 126 Å². The third kappa shape index (κ3) is 5.99. The Morgan fingerprint density at radius 3 is 2.90 bits per heavy atom. The molecule has 1 amide bonds. The minimum Gasteiger partial charge on any atom is -0.395 e. The zero-order valence-electron chi connectivity index (χ0n) is 12.9. The fraction of sp³-hybridized carbons (Fsp3) is 0.471. The Hall–Kier alpha value is -1.83. The summed E-state index contributed by atoms with van der Waals surface area (Å²) in [6.45, 7) is 6.95. The van der Waals surface area contributed by atoms with Gasteiger partial charge in [0, 0.05) is 30.2 Å². The van der Waals surface area contributed by atoms with Crippen molar-refractivity contribution in [3.63, 3.8) is 0 Å². The fourth-order valence-corrected chi connectivity index (χ4v) is 1.75. The second kappa shape index (κ2) is 9.17. The fourth-order valence-electron chi connectivity index (χ4n) is 1.75. The third-order valence-electron chi connectivity index (χ3n) is 2.91. The second-order valence-electron chi connectivity index (χ2n) is 4.84. The number of hydrogen-bond acceptors (Lipinski definition) is 3. The van der Waals surface area contributed by atoms with E-state index < -0.39 is 0 Å². The van der Waals surface area contributed by atoms with Crippen molar-refractivity contribution in [2.24, 2.45) is 0 Å². The van der Waals surface area contributed by atoms with Crippen molar-refractivity contribution in [1.29, 1.82) is 0 Å². The van der Waals surface area contributed by atoms with E-state index in [0.29, 0.717) is 25.2 Å². The quantitative estimate of drug-likeness (QED) is 0.786. The molecular weight excluding hydrogens is 266 g/mol. The van der Waals surface area contributed by atoms with Crippen LogP contribution in [0.5, 0.6) is 0 Å². The predicted octanol–water partition coefficient (Wildman–Crippen LogP) is 1.88. The molecule has 0 aliphatic heterocycles. The van der Waals surface area contributed by atoms with E-state index in [4.69, 9.17) is 9.84 Å². The molecule has 0 aromatic heterocycles. The topological polar surface area (TPSA) is 58.6 Å². The van der Waals surface area contributed by atoms with Gasteiger partial charge in [-0.3, -0.25) is 4.79 Å². The largest absolute Gasteiger partial charge is 0.395 e. The number of hydrogen-bond donors (Lipinski definition) is 2. The van der Waals surface area contributed by atoms with Crippen molar-refractivity contribution in [2.45, 2.75) is 33.2 Å². The van der Waals surface area contributed by atoms with Gasteiger partial charge in [-0.1, -0.05) is 17.9 Å². The molecule has 114 valence electrons. The van der Waals surface area contributed by atoms with Gasteiger partial charge < -0.3 is 15.2 Å². The average molecular weight is 289 g/mol. The molecule has 0 spiro atoms. The molecule has 1 atom stereocenters. The van der Waals surface area contributed by atoms with E-state index in [0.717, 1.165) is 11.1 Å². The highest BCUT2D eigenvalue weighted by Crippen LogP contribution is 2.10. The molecular formula is C17H23NO3. The van der Waals surface area contributed by atoms with Crippen LogP contribution in [-0.2, 0) is 4.74 Å². The first-order valence-corrected chi connectivity index (χ1v) is 7.17. The molecule has 4 nitrogen and oxygen atoms in total. The maximum atomic E-state index is 12.2. The van der Waals surface area contributed by atoms with E-state index in [9.17, 15) is 4.79 Å². The Morgan fingerprint density at radius 2 is 2.24 bits per heavy atom. The van der Waals surface area contributed by atoms with Crippen LogP contribution in [0, 0.1) is 18.8 Å². The molecule has 2 N–H and O–H groups in total. The lowest BCUT2D eigenvalue weighted by Gasteiger charge is -2.14. The zero-order valence-corrected chi connectivity index (χ0v) is 12.9. The highest BCUT2D eigenvalue weighted by atomic mass is 16.5. The maximum Gasteiger partial charge on any atom is 0.251 e. The summed E-state index contributed by atoms with van der Waals surface area (Å²) >= 11 is 0. The molecule has 0 saturated heterocycles. The molecule has 0 fully saturated rings. The van der Waals surface area contributed by atoms with Crippen LogP contribution in [0.25, 0.3) is 0 Å². The van der Waals surface area contributed by atoms with Crippen molar-refractivity contribution in [3.05, 3.63) is 34.9 Å². The molecule has 4 heteroatoms. The van der Waals surface area contributed by atoms with Crippen molar-refractivity contribution in [2.75, 3.05) is 19.8 Å². The summed E-state index contributed by atoms with van der Waals surface area (Å²) in [4.78, 5) is 12.2. The number of aryl methyl sites for hydroxylation is 1. The summed E-state index contributed by atoms with van der Waals surface area (Å²) in [6.07, 6.45) is 0.432. The minimum absolute atomic E-state index is 0.0392. The van der Waals surface area contributed by atoms with Crippen LogP contribution in [0.1, 0.15) is 41.8 Å². The van der Waals surface area contributed by atoms with Crippen LogP contribution in [0.15, 0.2) is 18.2 Å². The van der Waals surface area contributed by atoms with Crippen LogP contribution in [-0.4, -0.2) is 36.9 Å².